The second-order valence-corrected chi connectivity index (χ2v) is 7.29. The lowest BCUT2D eigenvalue weighted by Crippen LogP contribution is -2.47. The van der Waals surface area contributed by atoms with Crippen LogP contribution in [0.15, 0.2) is 0 Å². The van der Waals surface area contributed by atoms with Gasteiger partial charge in [0.05, 0.1) is 19.2 Å². The zero-order valence-electron chi connectivity index (χ0n) is 13.7. The molecule has 3 rings (SSSR count). The number of anilines is 1. The molecule has 0 saturated carbocycles. The first-order valence-electron chi connectivity index (χ1n) is 8.02. The molecule has 2 aliphatic rings. The molecule has 1 aromatic rings. The Hall–Kier alpha value is -1.44. The minimum absolute atomic E-state index is 0.0559. The summed E-state index contributed by atoms with van der Waals surface area (Å²) in [4.78, 5) is 30.0. The van der Waals surface area contributed by atoms with E-state index in [1.807, 2.05) is 0 Å². The number of fused-ring (bicyclic) bond motifs is 1. The second kappa shape index (κ2) is 6.98. The highest BCUT2D eigenvalue weighted by atomic mass is 32.1. The van der Waals surface area contributed by atoms with Crippen LogP contribution in [0.2, 0.25) is 0 Å². The first kappa shape index (κ1) is 16.4. The Bertz CT molecular complexity index is 606. The van der Waals surface area contributed by atoms with Crippen LogP contribution in [0.5, 0.6) is 0 Å². The molecule has 0 spiro atoms. The lowest BCUT2D eigenvalue weighted by Gasteiger charge is -2.31. The lowest BCUT2D eigenvalue weighted by molar-refractivity contribution is -0.117. The van der Waals surface area contributed by atoms with Gasteiger partial charge in [0, 0.05) is 31.1 Å². The van der Waals surface area contributed by atoms with E-state index in [2.05, 4.69) is 22.2 Å². The van der Waals surface area contributed by atoms with Gasteiger partial charge in [0.25, 0.3) is 0 Å². The van der Waals surface area contributed by atoms with E-state index in [4.69, 9.17) is 4.74 Å². The molecular formula is C16H23N3O3S. The van der Waals surface area contributed by atoms with E-state index in [0.717, 1.165) is 51.0 Å². The first-order chi connectivity index (χ1) is 11.1. The molecule has 1 aromatic heterocycles. The normalized spacial score (nSPS) is 18.7. The van der Waals surface area contributed by atoms with E-state index < -0.39 is 0 Å². The summed E-state index contributed by atoms with van der Waals surface area (Å²) in [6.07, 6.45) is 2.95. The maximum Gasteiger partial charge on any atom is 0.341 e. The minimum atomic E-state index is -0.348. The number of carbonyl (C=O) groups is 2. The van der Waals surface area contributed by atoms with E-state index in [0.29, 0.717) is 17.1 Å². The highest BCUT2D eigenvalue weighted by Gasteiger charge is 2.28. The molecule has 23 heavy (non-hydrogen) atoms. The number of hydrogen-bond donors (Lipinski definition) is 1. The van der Waals surface area contributed by atoms with Crippen molar-refractivity contribution in [1.82, 2.24) is 9.80 Å². The number of carbonyl (C=O) groups excluding carboxylic acids is 2. The van der Waals surface area contributed by atoms with Crippen molar-refractivity contribution >= 4 is 28.2 Å². The van der Waals surface area contributed by atoms with Gasteiger partial charge in [-0.25, -0.2) is 4.79 Å². The predicted molar refractivity (Wildman–Crippen MR) is 90.3 cm³/mol. The Balaban J connectivity index is 1.68. The van der Waals surface area contributed by atoms with Crippen LogP contribution < -0.4 is 5.32 Å². The summed E-state index contributed by atoms with van der Waals surface area (Å²) in [5.41, 5.74) is 1.63. The Morgan fingerprint density at radius 3 is 2.65 bits per heavy atom. The number of hydrogen-bond acceptors (Lipinski definition) is 6. The van der Waals surface area contributed by atoms with Gasteiger partial charge < -0.3 is 15.0 Å². The number of esters is 1. The monoisotopic (exact) mass is 337 g/mol. The van der Waals surface area contributed by atoms with E-state index in [1.165, 1.54) is 23.3 Å². The highest BCUT2D eigenvalue weighted by Crippen LogP contribution is 2.39. The molecule has 126 valence electrons. The smallest absolute Gasteiger partial charge is 0.341 e. The van der Waals surface area contributed by atoms with Gasteiger partial charge in [-0.1, -0.05) is 0 Å². The molecule has 1 aliphatic heterocycles. The maximum absolute atomic E-state index is 12.3. The van der Waals surface area contributed by atoms with Crippen LogP contribution >= 0.6 is 11.3 Å². The van der Waals surface area contributed by atoms with Crippen molar-refractivity contribution in [2.75, 3.05) is 52.2 Å². The van der Waals surface area contributed by atoms with Gasteiger partial charge in [-0.3, -0.25) is 9.69 Å². The number of rotatable bonds is 4. The molecule has 1 N–H and O–H groups in total. The van der Waals surface area contributed by atoms with Crippen molar-refractivity contribution in [3.63, 3.8) is 0 Å². The molecule has 1 aliphatic carbocycles. The molecule has 0 aromatic carbocycles. The van der Waals surface area contributed by atoms with E-state index >= 15 is 0 Å². The van der Waals surface area contributed by atoms with Gasteiger partial charge >= 0.3 is 5.97 Å². The van der Waals surface area contributed by atoms with Crippen molar-refractivity contribution < 1.29 is 14.3 Å². The number of ether oxygens (including phenoxy) is 1. The third-order valence-electron chi connectivity index (χ3n) is 4.53. The topological polar surface area (TPSA) is 61.9 Å². The number of nitrogens with one attached hydrogen (secondary N) is 1. The molecule has 6 nitrogen and oxygen atoms in total. The number of thiophene rings is 1. The zero-order chi connectivity index (χ0) is 16.4. The minimum Gasteiger partial charge on any atom is -0.465 e. The summed E-state index contributed by atoms with van der Waals surface area (Å²) in [5.74, 6) is -0.404. The van der Waals surface area contributed by atoms with Gasteiger partial charge in [0.2, 0.25) is 5.91 Å². The molecule has 0 unspecified atom stereocenters. The van der Waals surface area contributed by atoms with E-state index in [1.54, 1.807) is 0 Å². The number of methoxy groups -OCH3 is 1. The fourth-order valence-electron chi connectivity index (χ4n) is 3.19. The standard InChI is InChI=1S/C16H23N3O3S/c1-18-6-8-19(9-7-18)10-13(20)17-15-14(16(21)22-2)11-4-3-5-12(11)23-15/h3-10H2,1-2H3,(H,17,20). The molecular weight excluding hydrogens is 314 g/mol. The van der Waals surface area contributed by atoms with Crippen LogP contribution in [-0.2, 0) is 22.4 Å². The molecule has 1 amide bonds. The third-order valence-corrected chi connectivity index (χ3v) is 5.73. The molecule has 1 fully saturated rings. The summed E-state index contributed by atoms with van der Waals surface area (Å²) in [7, 11) is 3.48. The van der Waals surface area contributed by atoms with Crippen LogP contribution in [0.3, 0.4) is 0 Å². The van der Waals surface area contributed by atoms with E-state index in [9.17, 15) is 9.59 Å². The van der Waals surface area contributed by atoms with Gasteiger partial charge in [-0.15, -0.1) is 11.3 Å². The van der Waals surface area contributed by atoms with Crippen molar-refractivity contribution in [3.8, 4) is 0 Å². The lowest BCUT2D eigenvalue weighted by atomic mass is 10.1. The van der Waals surface area contributed by atoms with Crippen molar-refractivity contribution in [3.05, 3.63) is 16.0 Å². The van der Waals surface area contributed by atoms with Crippen LogP contribution in [0.1, 0.15) is 27.2 Å². The van der Waals surface area contributed by atoms with Crippen molar-refractivity contribution in [2.24, 2.45) is 0 Å². The summed E-state index contributed by atoms with van der Waals surface area (Å²) < 4.78 is 4.90. The fourth-order valence-corrected chi connectivity index (χ4v) is 4.48. The molecule has 1 saturated heterocycles. The third kappa shape index (κ3) is 3.57. The number of piperazine rings is 1. The summed E-state index contributed by atoms with van der Waals surface area (Å²) in [5, 5.41) is 3.59. The fraction of sp³-hybridized carbons (Fsp3) is 0.625. The van der Waals surface area contributed by atoms with Gasteiger partial charge in [0.15, 0.2) is 0 Å². The predicted octanol–water partition coefficient (Wildman–Crippen LogP) is 1.21. The molecule has 7 heteroatoms. The van der Waals surface area contributed by atoms with Crippen molar-refractivity contribution in [2.45, 2.75) is 19.3 Å². The summed E-state index contributed by atoms with van der Waals surface area (Å²) in [6.45, 7) is 4.13. The quantitative estimate of drug-likeness (QED) is 0.837. The first-order valence-corrected chi connectivity index (χ1v) is 8.83. The number of amides is 1. The molecule has 0 radical (unpaired) electrons. The molecule has 0 bridgehead atoms. The average molecular weight is 337 g/mol. The van der Waals surface area contributed by atoms with Gasteiger partial charge in [0.1, 0.15) is 5.00 Å². The van der Waals surface area contributed by atoms with Gasteiger partial charge in [-0.2, -0.15) is 0 Å². The summed E-state index contributed by atoms with van der Waals surface area (Å²) >= 11 is 1.52. The van der Waals surface area contributed by atoms with Gasteiger partial charge in [-0.05, 0) is 31.9 Å². The number of nitrogens with zero attached hydrogens (tertiary/aromatic N) is 2. The maximum atomic E-state index is 12.3. The van der Waals surface area contributed by atoms with Crippen LogP contribution in [0.25, 0.3) is 0 Å². The highest BCUT2D eigenvalue weighted by molar-refractivity contribution is 7.17. The zero-order valence-corrected chi connectivity index (χ0v) is 14.5. The SMILES string of the molecule is COC(=O)c1c(NC(=O)CN2CCN(C)CC2)sc2c1CCC2. The number of likely N-dealkylation sites (N-methyl/N-ethyl adjacent to an activating group) is 1. The van der Waals surface area contributed by atoms with Crippen LogP contribution in [0.4, 0.5) is 5.00 Å². The number of aryl methyl sites for hydroxylation is 1. The molecule has 2 heterocycles. The Morgan fingerprint density at radius 2 is 1.96 bits per heavy atom. The Kier molecular flexibility index (Phi) is 4.99. The Morgan fingerprint density at radius 1 is 1.22 bits per heavy atom. The van der Waals surface area contributed by atoms with E-state index in [-0.39, 0.29) is 11.9 Å². The summed E-state index contributed by atoms with van der Waals surface area (Å²) in [6, 6.07) is 0. The van der Waals surface area contributed by atoms with Crippen LogP contribution in [-0.4, -0.2) is 68.6 Å². The molecule has 0 atom stereocenters. The largest absolute Gasteiger partial charge is 0.465 e. The van der Waals surface area contributed by atoms with Crippen LogP contribution in [0, 0.1) is 0 Å². The Labute approximate surface area is 140 Å². The average Bonchev–Trinajstić information content (AvgIpc) is 3.09. The second-order valence-electron chi connectivity index (χ2n) is 6.18. The van der Waals surface area contributed by atoms with Crippen molar-refractivity contribution in [1.29, 1.82) is 0 Å².